The molecule has 1 aliphatic heterocycles. The van der Waals surface area contributed by atoms with Gasteiger partial charge in [0, 0.05) is 17.7 Å². The van der Waals surface area contributed by atoms with Gasteiger partial charge < -0.3 is 9.84 Å². The molecule has 1 fully saturated rings. The fraction of sp³-hybridized carbons (Fsp3) is 0.500. The summed E-state index contributed by atoms with van der Waals surface area (Å²) in [5.41, 5.74) is 0.740. The SMILES string of the molecule is O=C(NCc1ccon1)C1CSCN1. The maximum absolute atomic E-state index is 11.5. The lowest BCUT2D eigenvalue weighted by molar-refractivity contribution is -0.122. The summed E-state index contributed by atoms with van der Waals surface area (Å²) in [5.74, 6) is 1.71. The second-order valence-corrected chi connectivity index (χ2v) is 4.01. The molecule has 76 valence electrons. The maximum Gasteiger partial charge on any atom is 0.238 e. The van der Waals surface area contributed by atoms with Crippen molar-refractivity contribution >= 4 is 17.7 Å². The van der Waals surface area contributed by atoms with E-state index in [-0.39, 0.29) is 11.9 Å². The first kappa shape index (κ1) is 9.54. The van der Waals surface area contributed by atoms with Crippen molar-refractivity contribution in [2.24, 2.45) is 0 Å². The molecular formula is C8H11N3O2S. The van der Waals surface area contributed by atoms with Gasteiger partial charge in [0.2, 0.25) is 5.91 Å². The monoisotopic (exact) mass is 213 g/mol. The van der Waals surface area contributed by atoms with E-state index in [1.807, 2.05) is 0 Å². The number of rotatable bonds is 3. The van der Waals surface area contributed by atoms with E-state index in [1.54, 1.807) is 17.8 Å². The molecular weight excluding hydrogens is 202 g/mol. The van der Waals surface area contributed by atoms with Crippen LogP contribution < -0.4 is 10.6 Å². The summed E-state index contributed by atoms with van der Waals surface area (Å²) >= 11 is 1.73. The Balaban J connectivity index is 1.77. The third kappa shape index (κ3) is 2.27. The predicted octanol–water partition coefficient (Wildman–Crippen LogP) is -0.0467. The van der Waals surface area contributed by atoms with Crippen molar-refractivity contribution < 1.29 is 9.32 Å². The van der Waals surface area contributed by atoms with Crippen molar-refractivity contribution in [1.82, 2.24) is 15.8 Å². The summed E-state index contributed by atoms with van der Waals surface area (Å²) in [6, 6.07) is 1.67. The molecule has 0 aromatic carbocycles. The van der Waals surface area contributed by atoms with Crippen molar-refractivity contribution in [2.45, 2.75) is 12.6 Å². The predicted molar refractivity (Wildman–Crippen MR) is 52.6 cm³/mol. The lowest BCUT2D eigenvalue weighted by Crippen LogP contribution is -2.41. The Morgan fingerprint density at radius 3 is 3.43 bits per heavy atom. The largest absolute Gasteiger partial charge is 0.364 e. The summed E-state index contributed by atoms with van der Waals surface area (Å²) in [4.78, 5) is 11.5. The number of nitrogens with zero attached hydrogens (tertiary/aromatic N) is 1. The second-order valence-electron chi connectivity index (χ2n) is 2.98. The van der Waals surface area contributed by atoms with Crippen LogP contribution in [0.15, 0.2) is 16.9 Å². The van der Waals surface area contributed by atoms with Crippen LogP contribution in [0.2, 0.25) is 0 Å². The Morgan fingerprint density at radius 1 is 1.86 bits per heavy atom. The van der Waals surface area contributed by atoms with E-state index < -0.39 is 0 Å². The molecule has 5 nitrogen and oxygen atoms in total. The highest BCUT2D eigenvalue weighted by molar-refractivity contribution is 7.99. The first-order valence-electron chi connectivity index (χ1n) is 4.34. The molecule has 0 aliphatic carbocycles. The maximum atomic E-state index is 11.5. The number of hydrogen-bond acceptors (Lipinski definition) is 5. The number of aromatic nitrogens is 1. The van der Waals surface area contributed by atoms with Gasteiger partial charge >= 0.3 is 0 Å². The highest BCUT2D eigenvalue weighted by Crippen LogP contribution is 2.09. The first-order valence-corrected chi connectivity index (χ1v) is 5.50. The van der Waals surface area contributed by atoms with Crippen molar-refractivity contribution in [1.29, 1.82) is 0 Å². The zero-order valence-electron chi connectivity index (χ0n) is 7.53. The quantitative estimate of drug-likeness (QED) is 0.737. The minimum Gasteiger partial charge on any atom is -0.364 e. The zero-order valence-corrected chi connectivity index (χ0v) is 8.34. The molecule has 1 aliphatic rings. The lowest BCUT2D eigenvalue weighted by atomic mass is 10.3. The molecule has 6 heteroatoms. The molecule has 1 aromatic rings. The van der Waals surface area contributed by atoms with Crippen LogP contribution in [-0.2, 0) is 11.3 Å². The molecule has 2 rings (SSSR count). The van der Waals surface area contributed by atoms with Crippen LogP contribution in [0.3, 0.4) is 0 Å². The van der Waals surface area contributed by atoms with Gasteiger partial charge in [-0.3, -0.25) is 10.1 Å². The molecule has 1 amide bonds. The number of carbonyl (C=O) groups is 1. The summed E-state index contributed by atoms with van der Waals surface area (Å²) in [7, 11) is 0. The Hall–Kier alpha value is -1.01. The van der Waals surface area contributed by atoms with Crippen molar-refractivity contribution in [2.75, 3.05) is 11.6 Å². The van der Waals surface area contributed by atoms with Crippen LogP contribution in [0, 0.1) is 0 Å². The van der Waals surface area contributed by atoms with E-state index in [2.05, 4.69) is 20.3 Å². The van der Waals surface area contributed by atoms with Gasteiger partial charge in [-0.25, -0.2) is 0 Å². The smallest absolute Gasteiger partial charge is 0.238 e. The number of thioether (sulfide) groups is 1. The fourth-order valence-corrected chi connectivity index (χ4v) is 2.14. The van der Waals surface area contributed by atoms with Gasteiger partial charge in [0.15, 0.2) is 0 Å². The van der Waals surface area contributed by atoms with E-state index >= 15 is 0 Å². The van der Waals surface area contributed by atoms with Crippen molar-refractivity contribution in [3.8, 4) is 0 Å². The highest BCUT2D eigenvalue weighted by Gasteiger charge is 2.21. The van der Waals surface area contributed by atoms with Crippen LogP contribution >= 0.6 is 11.8 Å². The van der Waals surface area contributed by atoms with Crippen LogP contribution in [0.4, 0.5) is 0 Å². The van der Waals surface area contributed by atoms with Gasteiger partial charge in [0.25, 0.3) is 0 Å². The van der Waals surface area contributed by atoms with Gasteiger partial charge in [-0.15, -0.1) is 11.8 Å². The molecule has 0 radical (unpaired) electrons. The van der Waals surface area contributed by atoms with Gasteiger partial charge in [0.05, 0.1) is 12.6 Å². The average Bonchev–Trinajstić information content (AvgIpc) is 2.87. The van der Waals surface area contributed by atoms with E-state index in [0.29, 0.717) is 6.54 Å². The normalized spacial score (nSPS) is 21.0. The molecule has 14 heavy (non-hydrogen) atoms. The molecule has 1 atom stereocenters. The summed E-state index contributed by atoms with van der Waals surface area (Å²) in [6.07, 6.45) is 1.49. The number of hydrogen-bond donors (Lipinski definition) is 2. The Kier molecular flexibility index (Phi) is 3.05. The first-order chi connectivity index (χ1) is 6.86. The third-order valence-electron chi connectivity index (χ3n) is 1.97. The van der Waals surface area contributed by atoms with Crippen molar-refractivity contribution in [3.05, 3.63) is 18.0 Å². The second kappa shape index (κ2) is 4.47. The summed E-state index contributed by atoms with van der Waals surface area (Å²) in [5, 5.41) is 9.58. The molecule has 2 heterocycles. The van der Waals surface area contributed by atoms with E-state index in [0.717, 1.165) is 17.3 Å². The van der Waals surface area contributed by atoms with Gasteiger partial charge in [-0.2, -0.15) is 0 Å². The molecule has 2 N–H and O–H groups in total. The summed E-state index contributed by atoms with van der Waals surface area (Å²) in [6.45, 7) is 0.429. The Morgan fingerprint density at radius 2 is 2.79 bits per heavy atom. The van der Waals surface area contributed by atoms with Crippen LogP contribution in [-0.4, -0.2) is 28.7 Å². The average molecular weight is 213 g/mol. The van der Waals surface area contributed by atoms with Gasteiger partial charge in [-0.05, 0) is 0 Å². The lowest BCUT2D eigenvalue weighted by Gasteiger charge is -2.08. The number of amides is 1. The molecule has 1 unspecified atom stereocenters. The van der Waals surface area contributed by atoms with E-state index in [4.69, 9.17) is 0 Å². The summed E-state index contributed by atoms with van der Waals surface area (Å²) < 4.78 is 4.65. The molecule has 0 spiro atoms. The number of nitrogens with one attached hydrogen (secondary N) is 2. The molecule has 1 saturated heterocycles. The van der Waals surface area contributed by atoms with Crippen LogP contribution in [0.25, 0.3) is 0 Å². The van der Waals surface area contributed by atoms with E-state index in [1.165, 1.54) is 6.26 Å². The molecule has 1 aromatic heterocycles. The Bertz CT molecular complexity index is 296. The topological polar surface area (TPSA) is 67.2 Å². The minimum absolute atomic E-state index is 0.0259. The van der Waals surface area contributed by atoms with Crippen molar-refractivity contribution in [3.63, 3.8) is 0 Å². The van der Waals surface area contributed by atoms with Gasteiger partial charge in [0.1, 0.15) is 12.0 Å². The van der Waals surface area contributed by atoms with E-state index in [9.17, 15) is 4.79 Å². The number of carbonyl (C=O) groups excluding carboxylic acids is 1. The third-order valence-corrected chi connectivity index (χ3v) is 2.91. The molecule has 0 bridgehead atoms. The van der Waals surface area contributed by atoms with Gasteiger partial charge in [-0.1, -0.05) is 5.16 Å². The standard InChI is InChI=1S/C8H11N3O2S/c12-8(7-4-14-5-10-7)9-3-6-1-2-13-11-6/h1-2,7,10H,3-5H2,(H,9,12). The zero-order chi connectivity index (χ0) is 9.80. The highest BCUT2D eigenvalue weighted by atomic mass is 32.2. The minimum atomic E-state index is -0.0631. The van der Waals surface area contributed by atoms with Crippen LogP contribution in [0.5, 0.6) is 0 Å². The van der Waals surface area contributed by atoms with Crippen LogP contribution in [0.1, 0.15) is 5.69 Å². The molecule has 0 saturated carbocycles. The fourth-order valence-electron chi connectivity index (χ4n) is 1.19. The Labute approximate surface area is 85.6 Å².